The van der Waals surface area contributed by atoms with E-state index in [0.29, 0.717) is 11.2 Å². The lowest BCUT2D eigenvalue weighted by Crippen LogP contribution is -2.36. The molecule has 35 heavy (non-hydrogen) atoms. The third-order valence-electron chi connectivity index (χ3n) is 5.45. The zero-order valence-electron chi connectivity index (χ0n) is 21.7. The summed E-state index contributed by atoms with van der Waals surface area (Å²) < 4.78 is 5.47. The number of hydrogen-bond acceptors (Lipinski definition) is 6. The van der Waals surface area contributed by atoms with Crippen molar-refractivity contribution < 1.29 is 4.74 Å². The highest BCUT2D eigenvalue weighted by atomic mass is 16.5. The summed E-state index contributed by atoms with van der Waals surface area (Å²) in [5.41, 5.74) is 5.49. The molecule has 7 nitrogen and oxygen atoms in total. The van der Waals surface area contributed by atoms with Crippen LogP contribution in [0.3, 0.4) is 0 Å². The summed E-state index contributed by atoms with van der Waals surface area (Å²) in [6, 6.07) is 10.0. The van der Waals surface area contributed by atoms with E-state index in [4.69, 9.17) is 9.72 Å². The first-order valence-corrected chi connectivity index (χ1v) is 12.3. The van der Waals surface area contributed by atoms with Gasteiger partial charge in [-0.05, 0) is 69.0 Å². The molecule has 1 aromatic carbocycles. The van der Waals surface area contributed by atoms with Gasteiger partial charge in [0.2, 0.25) is 0 Å². The van der Waals surface area contributed by atoms with E-state index >= 15 is 0 Å². The van der Waals surface area contributed by atoms with Gasteiger partial charge >= 0.3 is 0 Å². The number of morpholine rings is 1. The molecule has 3 aromatic rings. The van der Waals surface area contributed by atoms with Crippen molar-refractivity contribution in [3.8, 4) is 0 Å². The maximum Gasteiger partial charge on any atom is 0.259 e. The number of aromatic nitrogens is 2. The van der Waals surface area contributed by atoms with Gasteiger partial charge in [0.25, 0.3) is 5.56 Å². The van der Waals surface area contributed by atoms with Gasteiger partial charge < -0.3 is 19.9 Å². The topological polar surface area (TPSA) is 82.6 Å². The molecule has 0 spiro atoms. The number of anilines is 3. The number of ether oxygens (including phenoxy) is 1. The number of hydrogen-bond donors (Lipinski definition) is 2. The smallest absolute Gasteiger partial charge is 0.259 e. The van der Waals surface area contributed by atoms with Crippen LogP contribution in [0.5, 0.6) is 0 Å². The summed E-state index contributed by atoms with van der Waals surface area (Å²) in [5, 5.41) is 4.72. The molecule has 4 rings (SSSR count). The van der Waals surface area contributed by atoms with E-state index in [1.807, 2.05) is 45.0 Å². The first-order chi connectivity index (χ1) is 16.9. The van der Waals surface area contributed by atoms with Crippen LogP contribution in [-0.2, 0) is 4.74 Å². The highest BCUT2D eigenvalue weighted by molar-refractivity contribution is 5.95. The number of allylic oxidation sites excluding steroid dienone is 1. The SMILES string of the molecule is C/C=C(\N=C(C)C)c1cc2cc[nH]c(=O)c2c(Nc2ccc(N3CCOCC3)c(C)c2)n1.CCC. The number of rotatable bonds is 5. The quantitative estimate of drug-likeness (QED) is 0.438. The van der Waals surface area contributed by atoms with Crippen LogP contribution in [0.15, 0.2) is 52.4 Å². The van der Waals surface area contributed by atoms with E-state index in [1.54, 1.807) is 6.20 Å². The summed E-state index contributed by atoms with van der Waals surface area (Å²) in [4.78, 5) is 27.1. The summed E-state index contributed by atoms with van der Waals surface area (Å²) >= 11 is 0. The lowest BCUT2D eigenvalue weighted by Gasteiger charge is -2.30. The number of pyridine rings is 2. The maximum atomic E-state index is 12.6. The molecule has 0 saturated carbocycles. The molecule has 0 aliphatic carbocycles. The Morgan fingerprint density at radius 2 is 1.91 bits per heavy atom. The van der Waals surface area contributed by atoms with Gasteiger partial charge in [0.15, 0.2) is 0 Å². The standard InChI is InChI=1S/C25H29N5O2.C3H8/c1-5-20(27-16(2)3)21-15-18-8-9-26-25(31)23(18)24(29-21)28-19-6-7-22(17(4)14-19)30-10-12-32-13-11-30;1-3-2/h5-9,14-15H,10-13H2,1-4H3,(H,26,31)(H,28,29);3H2,1-2H3/b20-5-;. The van der Waals surface area contributed by atoms with E-state index in [9.17, 15) is 4.79 Å². The van der Waals surface area contributed by atoms with Gasteiger partial charge in [0.1, 0.15) is 5.82 Å². The van der Waals surface area contributed by atoms with Gasteiger partial charge in [-0.3, -0.25) is 9.79 Å². The second-order valence-corrected chi connectivity index (χ2v) is 8.79. The van der Waals surface area contributed by atoms with E-state index < -0.39 is 0 Å². The Morgan fingerprint density at radius 3 is 2.54 bits per heavy atom. The van der Waals surface area contributed by atoms with Crippen molar-refractivity contribution in [2.45, 2.75) is 48.0 Å². The van der Waals surface area contributed by atoms with E-state index in [0.717, 1.165) is 60.0 Å². The van der Waals surface area contributed by atoms with E-state index in [2.05, 4.69) is 53.1 Å². The first kappa shape index (κ1) is 26.2. The first-order valence-electron chi connectivity index (χ1n) is 12.3. The summed E-state index contributed by atoms with van der Waals surface area (Å²) in [6.07, 6.45) is 4.84. The van der Waals surface area contributed by atoms with Crippen LogP contribution in [0, 0.1) is 6.92 Å². The predicted molar refractivity (Wildman–Crippen MR) is 148 cm³/mol. The number of nitrogens with one attached hydrogen (secondary N) is 2. The average Bonchev–Trinajstić information content (AvgIpc) is 2.83. The van der Waals surface area contributed by atoms with E-state index in [1.165, 1.54) is 12.1 Å². The number of aliphatic imine (C=N–C) groups is 1. The Kier molecular flexibility index (Phi) is 9.20. The van der Waals surface area contributed by atoms with Crippen LogP contribution >= 0.6 is 0 Å². The number of H-pyrrole nitrogens is 1. The Morgan fingerprint density at radius 1 is 1.20 bits per heavy atom. The molecular weight excluding hydrogens is 438 g/mol. The highest BCUT2D eigenvalue weighted by Crippen LogP contribution is 2.29. The van der Waals surface area contributed by atoms with Crippen molar-refractivity contribution in [1.29, 1.82) is 0 Å². The summed E-state index contributed by atoms with van der Waals surface area (Å²) in [5.74, 6) is 0.515. The molecule has 0 radical (unpaired) electrons. The number of aryl methyl sites for hydroxylation is 1. The Balaban J connectivity index is 0.00000108. The van der Waals surface area contributed by atoms with Crippen LogP contribution < -0.4 is 15.8 Å². The van der Waals surface area contributed by atoms with Crippen molar-refractivity contribution in [1.82, 2.24) is 9.97 Å². The average molecular weight is 476 g/mol. The highest BCUT2D eigenvalue weighted by Gasteiger charge is 2.15. The fourth-order valence-corrected chi connectivity index (χ4v) is 3.98. The van der Waals surface area contributed by atoms with Gasteiger partial charge in [-0.1, -0.05) is 26.3 Å². The van der Waals surface area contributed by atoms with Gasteiger partial charge in [-0.15, -0.1) is 0 Å². The second-order valence-electron chi connectivity index (χ2n) is 8.79. The Labute approximate surface area is 208 Å². The minimum absolute atomic E-state index is 0.178. The van der Waals surface area contributed by atoms with Crippen LogP contribution in [0.25, 0.3) is 16.5 Å². The van der Waals surface area contributed by atoms with Gasteiger partial charge in [0.05, 0.1) is 30.0 Å². The third-order valence-corrected chi connectivity index (χ3v) is 5.45. The number of fused-ring (bicyclic) bond motifs is 1. The number of nitrogens with zero attached hydrogens (tertiary/aromatic N) is 3. The maximum absolute atomic E-state index is 12.6. The van der Waals surface area contributed by atoms with Gasteiger partial charge in [-0.25, -0.2) is 4.98 Å². The van der Waals surface area contributed by atoms with Crippen LogP contribution in [-0.4, -0.2) is 42.0 Å². The van der Waals surface area contributed by atoms with E-state index in [-0.39, 0.29) is 5.56 Å². The Hall–Kier alpha value is -3.45. The zero-order valence-corrected chi connectivity index (χ0v) is 21.7. The zero-order chi connectivity index (χ0) is 25.4. The number of aromatic amines is 1. The molecule has 1 aliphatic rings. The minimum Gasteiger partial charge on any atom is -0.378 e. The minimum atomic E-state index is -0.178. The largest absolute Gasteiger partial charge is 0.378 e. The molecule has 186 valence electrons. The van der Waals surface area contributed by atoms with Crippen molar-refractivity contribution in [2.75, 3.05) is 36.5 Å². The Bertz CT molecular complexity index is 1270. The van der Waals surface area contributed by atoms with Crippen molar-refractivity contribution in [3.63, 3.8) is 0 Å². The van der Waals surface area contributed by atoms with Crippen LogP contribution in [0.4, 0.5) is 17.2 Å². The second kappa shape index (κ2) is 12.3. The fraction of sp³-hybridized carbons (Fsp3) is 0.393. The molecule has 1 saturated heterocycles. The van der Waals surface area contributed by atoms with Crippen molar-refractivity contribution >= 4 is 39.4 Å². The molecular formula is C28H37N5O2. The predicted octanol–water partition coefficient (Wildman–Crippen LogP) is 6.07. The third kappa shape index (κ3) is 6.57. The van der Waals surface area contributed by atoms with Crippen molar-refractivity contribution in [3.05, 3.63) is 64.2 Å². The van der Waals surface area contributed by atoms with Gasteiger partial charge in [0, 0.05) is 36.4 Å². The molecule has 1 aliphatic heterocycles. The molecule has 0 unspecified atom stereocenters. The lowest BCUT2D eigenvalue weighted by molar-refractivity contribution is 0.122. The molecule has 2 aromatic heterocycles. The molecule has 3 heterocycles. The molecule has 2 N–H and O–H groups in total. The summed E-state index contributed by atoms with van der Waals surface area (Å²) in [6.45, 7) is 15.5. The molecule has 0 atom stereocenters. The van der Waals surface area contributed by atoms with Crippen LogP contribution in [0.2, 0.25) is 0 Å². The van der Waals surface area contributed by atoms with Crippen molar-refractivity contribution in [2.24, 2.45) is 4.99 Å². The fourth-order valence-electron chi connectivity index (χ4n) is 3.98. The van der Waals surface area contributed by atoms with Gasteiger partial charge in [-0.2, -0.15) is 0 Å². The number of benzene rings is 1. The molecule has 0 bridgehead atoms. The van der Waals surface area contributed by atoms with Crippen LogP contribution in [0.1, 0.15) is 52.3 Å². The molecule has 7 heteroatoms. The monoisotopic (exact) mass is 475 g/mol. The lowest BCUT2D eigenvalue weighted by atomic mass is 10.1. The normalized spacial score (nSPS) is 13.8. The molecule has 0 amide bonds. The molecule has 1 fully saturated rings. The summed E-state index contributed by atoms with van der Waals surface area (Å²) in [7, 11) is 0.